The fourth-order valence-electron chi connectivity index (χ4n) is 2.72. The Labute approximate surface area is 161 Å². The molecule has 1 heterocycles. The van der Waals surface area contributed by atoms with E-state index < -0.39 is 29.5 Å². The number of carbonyl (C=O) groups excluding carboxylic acids is 2. The van der Waals surface area contributed by atoms with Gasteiger partial charge in [-0.25, -0.2) is 4.98 Å². The third-order valence-corrected chi connectivity index (χ3v) is 5.42. The number of thioether (sulfide) groups is 1. The summed E-state index contributed by atoms with van der Waals surface area (Å²) in [4.78, 5) is 38.3. The second kappa shape index (κ2) is 8.83. The maximum absolute atomic E-state index is 12.6. The van der Waals surface area contributed by atoms with Crippen molar-refractivity contribution in [3.8, 4) is 0 Å². The van der Waals surface area contributed by atoms with Gasteiger partial charge < -0.3 is 4.74 Å². The third-order valence-electron chi connectivity index (χ3n) is 3.98. The number of halogens is 4. The summed E-state index contributed by atoms with van der Waals surface area (Å²) in [5.74, 6) is -2.15. The molecule has 2 rings (SSSR count). The predicted molar refractivity (Wildman–Crippen MR) is 92.1 cm³/mol. The molecule has 0 saturated heterocycles. The summed E-state index contributed by atoms with van der Waals surface area (Å²) >= 11 is 6.94. The molecule has 1 aliphatic rings. The van der Waals surface area contributed by atoms with E-state index in [1.54, 1.807) is 0 Å². The van der Waals surface area contributed by atoms with E-state index in [9.17, 15) is 27.7 Å². The molecule has 0 spiro atoms. The zero-order valence-corrected chi connectivity index (χ0v) is 15.5. The molecular weight excluding hydrogens is 409 g/mol. The number of ether oxygens (including phenoxy) is 1. The Morgan fingerprint density at radius 1 is 1.48 bits per heavy atom. The molecular formula is C16H14ClF3N2O4S. The summed E-state index contributed by atoms with van der Waals surface area (Å²) in [5.41, 5.74) is -1.13. The first-order valence-corrected chi connectivity index (χ1v) is 9.05. The minimum Gasteiger partial charge on any atom is -0.468 e. The van der Waals surface area contributed by atoms with Crippen LogP contribution >= 0.6 is 23.4 Å². The van der Waals surface area contributed by atoms with Crippen molar-refractivity contribution in [2.24, 2.45) is 17.0 Å². The van der Waals surface area contributed by atoms with Crippen molar-refractivity contribution in [1.29, 1.82) is 0 Å². The number of aromatic nitrogens is 1. The highest BCUT2D eigenvalue weighted by Gasteiger charge is 2.38. The molecule has 0 bridgehead atoms. The highest BCUT2D eigenvalue weighted by Crippen LogP contribution is 2.37. The van der Waals surface area contributed by atoms with Crippen molar-refractivity contribution in [3.63, 3.8) is 0 Å². The molecule has 2 atom stereocenters. The maximum atomic E-state index is 12.6. The monoisotopic (exact) mass is 422 g/mol. The van der Waals surface area contributed by atoms with Gasteiger partial charge in [0.1, 0.15) is 16.6 Å². The fourth-order valence-corrected chi connectivity index (χ4v) is 3.99. The van der Waals surface area contributed by atoms with E-state index in [0.29, 0.717) is 18.4 Å². The average molecular weight is 423 g/mol. The SMILES string of the molecule is COC(=O)C1C(N=O)=CC(=O)CC1CCSc1ncc(C(F)(F)F)cc1Cl. The van der Waals surface area contributed by atoms with Gasteiger partial charge in [0.2, 0.25) is 0 Å². The lowest BCUT2D eigenvalue weighted by Gasteiger charge is -2.26. The lowest BCUT2D eigenvalue weighted by molar-refractivity contribution is -0.146. The minimum absolute atomic E-state index is 0.0352. The summed E-state index contributed by atoms with van der Waals surface area (Å²) in [6.07, 6.45) is -2.48. The van der Waals surface area contributed by atoms with Crippen molar-refractivity contribution in [2.45, 2.75) is 24.0 Å². The maximum Gasteiger partial charge on any atom is 0.417 e. The molecule has 0 saturated carbocycles. The summed E-state index contributed by atoms with van der Waals surface area (Å²) in [6.45, 7) is 0. The topological polar surface area (TPSA) is 85.7 Å². The van der Waals surface area contributed by atoms with Crippen LogP contribution in [0.15, 0.2) is 34.2 Å². The van der Waals surface area contributed by atoms with Crippen molar-refractivity contribution in [3.05, 3.63) is 39.5 Å². The van der Waals surface area contributed by atoms with Crippen LogP contribution in [0.2, 0.25) is 5.02 Å². The van der Waals surface area contributed by atoms with Crippen LogP contribution in [0, 0.1) is 16.7 Å². The summed E-state index contributed by atoms with van der Waals surface area (Å²) < 4.78 is 42.6. The highest BCUT2D eigenvalue weighted by molar-refractivity contribution is 7.99. The van der Waals surface area contributed by atoms with Gasteiger partial charge in [0, 0.05) is 18.7 Å². The number of methoxy groups -OCH3 is 1. The quantitative estimate of drug-likeness (QED) is 0.386. The summed E-state index contributed by atoms with van der Waals surface area (Å²) in [5, 5.41) is 2.81. The molecule has 6 nitrogen and oxygen atoms in total. The molecule has 1 aromatic rings. The number of hydrogen-bond acceptors (Lipinski definition) is 7. The number of nitrogens with zero attached hydrogens (tertiary/aromatic N) is 2. The zero-order valence-electron chi connectivity index (χ0n) is 14.0. The number of alkyl halides is 3. The Morgan fingerprint density at radius 3 is 2.74 bits per heavy atom. The van der Waals surface area contributed by atoms with Crippen LogP contribution in [0.3, 0.4) is 0 Å². The van der Waals surface area contributed by atoms with Gasteiger partial charge in [0.15, 0.2) is 5.78 Å². The van der Waals surface area contributed by atoms with Gasteiger partial charge in [-0.3, -0.25) is 9.59 Å². The lowest BCUT2D eigenvalue weighted by Crippen LogP contribution is -2.32. The van der Waals surface area contributed by atoms with Gasteiger partial charge in [-0.15, -0.1) is 16.7 Å². The van der Waals surface area contributed by atoms with E-state index in [4.69, 9.17) is 11.6 Å². The number of nitroso groups, excluding NO2 is 1. The second-order valence-electron chi connectivity index (χ2n) is 5.74. The minimum atomic E-state index is -4.54. The zero-order chi connectivity index (χ0) is 20.2. The predicted octanol–water partition coefficient (Wildman–Crippen LogP) is 4.26. The van der Waals surface area contributed by atoms with Gasteiger partial charge in [0.25, 0.3) is 0 Å². The Morgan fingerprint density at radius 2 is 2.19 bits per heavy atom. The Hall–Kier alpha value is -1.94. The van der Waals surface area contributed by atoms with Crippen LogP contribution in [0.1, 0.15) is 18.4 Å². The number of hydrogen-bond donors (Lipinski definition) is 0. The van der Waals surface area contributed by atoms with Gasteiger partial charge in [-0.1, -0.05) is 11.6 Å². The fraction of sp³-hybridized carbons (Fsp3) is 0.438. The van der Waals surface area contributed by atoms with Gasteiger partial charge in [0.05, 0.1) is 17.7 Å². The van der Waals surface area contributed by atoms with Crippen LogP contribution in [0.5, 0.6) is 0 Å². The first kappa shape index (κ1) is 21.4. The molecule has 0 aromatic carbocycles. The van der Waals surface area contributed by atoms with E-state index >= 15 is 0 Å². The molecule has 11 heteroatoms. The molecule has 1 aromatic heterocycles. The molecule has 0 amide bonds. The van der Waals surface area contributed by atoms with E-state index in [1.807, 2.05) is 0 Å². The standard InChI is InChI=1S/C16H14ClF3N2O4S/c1-26-15(24)13-8(4-10(23)6-12(13)22-25)2-3-27-14-11(17)5-9(7-21-14)16(18,19)20/h5-8,13H,2-4H2,1H3. The average Bonchev–Trinajstić information content (AvgIpc) is 2.61. The van der Waals surface area contributed by atoms with Crippen molar-refractivity contribution >= 4 is 35.1 Å². The Kier molecular flexibility index (Phi) is 6.99. The number of rotatable bonds is 6. The molecule has 146 valence electrons. The van der Waals surface area contributed by atoms with Crippen LogP contribution in [0.25, 0.3) is 0 Å². The molecule has 27 heavy (non-hydrogen) atoms. The number of ketones is 1. The molecule has 0 fully saturated rings. The molecule has 0 radical (unpaired) electrons. The van der Waals surface area contributed by atoms with E-state index in [2.05, 4.69) is 14.9 Å². The van der Waals surface area contributed by atoms with Crippen molar-refractivity contribution in [2.75, 3.05) is 12.9 Å². The van der Waals surface area contributed by atoms with Crippen LogP contribution in [0.4, 0.5) is 13.2 Å². The molecule has 1 aliphatic carbocycles. The summed E-state index contributed by atoms with van der Waals surface area (Å²) in [6, 6.07) is 0.787. The molecule has 0 N–H and O–H groups in total. The van der Waals surface area contributed by atoms with Crippen LogP contribution < -0.4 is 0 Å². The van der Waals surface area contributed by atoms with Crippen molar-refractivity contribution in [1.82, 2.24) is 4.98 Å². The number of allylic oxidation sites excluding steroid dienone is 1. The number of pyridine rings is 1. The van der Waals surface area contributed by atoms with E-state index in [-0.39, 0.29) is 27.9 Å². The Bertz CT molecular complexity index is 785. The first-order valence-electron chi connectivity index (χ1n) is 7.68. The number of esters is 1. The smallest absolute Gasteiger partial charge is 0.417 e. The number of carbonyl (C=O) groups is 2. The van der Waals surface area contributed by atoms with Crippen LogP contribution in [-0.2, 0) is 20.5 Å². The first-order chi connectivity index (χ1) is 12.7. The van der Waals surface area contributed by atoms with E-state index in [0.717, 1.165) is 23.9 Å². The highest BCUT2D eigenvalue weighted by atomic mass is 35.5. The molecule has 0 aliphatic heterocycles. The third kappa shape index (κ3) is 5.29. The van der Waals surface area contributed by atoms with Gasteiger partial charge >= 0.3 is 12.1 Å². The summed E-state index contributed by atoms with van der Waals surface area (Å²) in [7, 11) is 1.17. The molecule has 2 unspecified atom stereocenters. The van der Waals surface area contributed by atoms with Crippen LogP contribution in [-0.4, -0.2) is 29.6 Å². The normalized spacial score (nSPS) is 20.2. The largest absolute Gasteiger partial charge is 0.468 e. The lowest BCUT2D eigenvalue weighted by atomic mass is 9.79. The second-order valence-corrected chi connectivity index (χ2v) is 7.23. The Balaban J connectivity index is 2.07. The van der Waals surface area contributed by atoms with Gasteiger partial charge in [-0.2, -0.15) is 13.2 Å². The van der Waals surface area contributed by atoms with Crippen molar-refractivity contribution < 1.29 is 27.5 Å². The van der Waals surface area contributed by atoms with E-state index in [1.165, 1.54) is 7.11 Å². The van der Waals surface area contributed by atoms with Gasteiger partial charge in [-0.05, 0) is 29.3 Å².